The number of aromatic nitrogens is 2. The average Bonchev–Trinajstić information content (AvgIpc) is 2.78. The highest BCUT2D eigenvalue weighted by Crippen LogP contribution is 2.34. The van der Waals surface area contributed by atoms with Gasteiger partial charge in [-0.25, -0.2) is 18.4 Å². The predicted molar refractivity (Wildman–Crippen MR) is 108 cm³/mol. The zero-order valence-electron chi connectivity index (χ0n) is 15.9. The van der Waals surface area contributed by atoms with Crippen molar-refractivity contribution in [1.82, 2.24) is 14.3 Å². The first-order valence-corrected chi connectivity index (χ1v) is 10.8. The monoisotopic (exact) mass is 408 g/mol. The molecule has 0 saturated carbocycles. The maximum absolute atomic E-state index is 13.0. The van der Waals surface area contributed by atoms with Crippen LogP contribution < -0.4 is 4.74 Å². The van der Waals surface area contributed by atoms with E-state index in [2.05, 4.69) is 9.97 Å². The van der Waals surface area contributed by atoms with E-state index >= 15 is 0 Å². The number of methoxy groups -OCH3 is 1. The Morgan fingerprint density at radius 3 is 2.62 bits per heavy atom. The van der Waals surface area contributed by atoms with Gasteiger partial charge in [-0.1, -0.05) is 12.1 Å². The SMILES string of the molecule is COc1ccc2c(C3CCN(S(=O)(=O)c4ccccc4C#N)CC3)ncnc2c1. The Balaban J connectivity index is 1.57. The van der Waals surface area contributed by atoms with Crippen LogP contribution in [0, 0.1) is 11.3 Å². The van der Waals surface area contributed by atoms with Gasteiger partial charge in [-0.2, -0.15) is 9.57 Å². The van der Waals surface area contributed by atoms with Gasteiger partial charge in [-0.3, -0.25) is 0 Å². The molecule has 0 unspecified atom stereocenters. The molecule has 0 amide bonds. The Labute approximate surface area is 169 Å². The number of rotatable bonds is 4. The second-order valence-corrected chi connectivity index (χ2v) is 8.83. The van der Waals surface area contributed by atoms with E-state index in [-0.39, 0.29) is 16.4 Å². The summed E-state index contributed by atoms with van der Waals surface area (Å²) < 4.78 is 32.8. The summed E-state index contributed by atoms with van der Waals surface area (Å²) in [4.78, 5) is 8.90. The summed E-state index contributed by atoms with van der Waals surface area (Å²) in [6, 6.07) is 14.0. The molecule has 1 aliphatic heterocycles. The molecule has 7 nitrogen and oxygen atoms in total. The molecule has 1 saturated heterocycles. The van der Waals surface area contributed by atoms with Crippen LogP contribution in [0.5, 0.6) is 5.75 Å². The van der Waals surface area contributed by atoms with Crippen molar-refractivity contribution in [3.63, 3.8) is 0 Å². The molecule has 0 spiro atoms. The van der Waals surface area contributed by atoms with Crippen LogP contribution in [0.1, 0.15) is 30.0 Å². The second-order valence-electron chi connectivity index (χ2n) is 6.93. The molecule has 3 aromatic rings. The van der Waals surface area contributed by atoms with Gasteiger partial charge in [0, 0.05) is 30.5 Å². The quantitative estimate of drug-likeness (QED) is 0.658. The van der Waals surface area contributed by atoms with Crippen LogP contribution in [-0.2, 0) is 10.0 Å². The molecule has 2 heterocycles. The van der Waals surface area contributed by atoms with Crippen molar-refractivity contribution in [3.8, 4) is 11.8 Å². The number of ether oxygens (including phenoxy) is 1. The van der Waals surface area contributed by atoms with Crippen molar-refractivity contribution in [2.75, 3.05) is 20.2 Å². The zero-order chi connectivity index (χ0) is 20.4. The smallest absolute Gasteiger partial charge is 0.244 e. The zero-order valence-corrected chi connectivity index (χ0v) is 16.8. The molecule has 0 aliphatic carbocycles. The number of sulfonamides is 1. The summed E-state index contributed by atoms with van der Waals surface area (Å²) >= 11 is 0. The largest absolute Gasteiger partial charge is 0.497 e. The Hall–Kier alpha value is -3.02. The van der Waals surface area contributed by atoms with Gasteiger partial charge in [0.05, 0.1) is 28.8 Å². The van der Waals surface area contributed by atoms with Gasteiger partial charge in [0.1, 0.15) is 18.1 Å². The van der Waals surface area contributed by atoms with Gasteiger partial charge in [0.15, 0.2) is 0 Å². The van der Waals surface area contributed by atoms with Crippen molar-refractivity contribution in [3.05, 3.63) is 60.0 Å². The van der Waals surface area contributed by atoms with Gasteiger partial charge >= 0.3 is 0 Å². The predicted octanol–water partition coefficient (Wildman–Crippen LogP) is 3.08. The Bertz CT molecular complexity index is 1200. The summed E-state index contributed by atoms with van der Waals surface area (Å²) in [7, 11) is -2.09. The number of fused-ring (bicyclic) bond motifs is 1. The fourth-order valence-electron chi connectivity index (χ4n) is 3.80. The van der Waals surface area contributed by atoms with E-state index < -0.39 is 10.0 Å². The van der Waals surface area contributed by atoms with Crippen LogP contribution in [0.4, 0.5) is 0 Å². The summed E-state index contributed by atoms with van der Waals surface area (Å²) in [6.07, 6.45) is 2.86. The van der Waals surface area contributed by atoms with Gasteiger partial charge in [0.2, 0.25) is 10.0 Å². The molecule has 8 heteroatoms. The minimum Gasteiger partial charge on any atom is -0.497 e. The molecule has 148 valence electrons. The molecule has 0 bridgehead atoms. The lowest BCUT2D eigenvalue weighted by Gasteiger charge is -2.31. The first-order valence-electron chi connectivity index (χ1n) is 9.32. The maximum Gasteiger partial charge on any atom is 0.244 e. The fourth-order valence-corrected chi connectivity index (χ4v) is 5.41. The molecule has 1 aromatic heterocycles. The summed E-state index contributed by atoms with van der Waals surface area (Å²) in [5.74, 6) is 0.880. The fraction of sp³-hybridized carbons (Fsp3) is 0.286. The van der Waals surface area contributed by atoms with Crippen LogP contribution in [0.25, 0.3) is 10.9 Å². The van der Waals surface area contributed by atoms with Gasteiger partial charge in [-0.05, 0) is 37.1 Å². The van der Waals surface area contributed by atoms with Crippen molar-refractivity contribution >= 4 is 20.9 Å². The highest BCUT2D eigenvalue weighted by molar-refractivity contribution is 7.89. The first-order chi connectivity index (χ1) is 14.0. The highest BCUT2D eigenvalue weighted by atomic mass is 32.2. The lowest BCUT2D eigenvalue weighted by atomic mass is 9.92. The Morgan fingerprint density at radius 2 is 1.90 bits per heavy atom. The number of nitriles is 1. The molecule has 0 atom stereocenters. The molecular formula is C21H20N4O3S. The first kappa shape index (κ1) is 19.3. The van der Waals surface area contributed by atoms with E-state index in [0.29, 0.717) is 25.9 Å². The summed E-state index contributed by atoms with van der Waals surface area (Å²) in [5, 5.41) is 10.2. The average molecular weight is 408 g/mol. The van der Waals surface area contributed by atoms with E-state index in [0.717, 1.165) is 22.3 Å². The van der Waals surface area contributed by atoms with Crippen molar-refractivity contribution in [2.24, 2.45) is 0 Å². The standard InChI is InChI=1S/C21H20N4O3S/c1-28-17-6-7-18-19(12-17)23-14-24-21(18)15-8-10-25(11-9-15)29(26,27)20-5-3-2-4-16(20)13-22/h2-7,12,14-15H,8-11H2,1H3. The Kier molecular flexibility index (Phi) is 5.18. The number of benzene rings is 2. The van der Waals surface area contributed by atoms with E-state index in [1.807, 2.05) is 24.3 Å². The molecule has 0 radical (unpaired) electrons. The third kappa shape index (κ3) is 3.55. The Morgan fingerprint density at radius 1 is 1.14 bits per heavy atom. The normalized spacial score (nSPS) is 15.9. The summed E-state index contributed by atoms with van der Waals surface area (Å²) in [6.45, 7) is 0.767. The van der Waals surface area contributed by atoms with Gasteiger partial charge in [0.25, 0.3) is 0 Å². The minimum atomic E-state index is -3.70. The number of hydrogen-bond donors (Lipinski definition) is 0. The van der Waals surface area contributed by atoms with Gasteiger partial charge in [-0.15, -0.1) is 0 Å². The van der Waals surface area contributed by atoms with Crippen molar-refractivity contribution in [1.29, 1.82) is 5.26 Å². The third-order valence-electron chi connectivity index (χ3n) is 5.34. The molecule has 2 aromatic carbocycles. The lowest BCUT2D eigenvalue weighted by Crippen LogP contribution is -2.38. The van der Waals surface area contributed by atoms with E-state index in [1.165, 1.54) is 16.4 Å². The topological polar surface area (TPSA) is 96.2 Å². The summed E-state index contributed by atoms with van der Waals surface area (Å²) in [5.41, 5.74) is 1.92. The number of hydrogen-bond acceptors (Lipinski definition) is 6. The lowest BCUT2D eigenvalue weighted by molar-refractivity contribution is 0.317. The molecule has 29 heavy (non-hydrogen) atoms. The van der Waals surface area contributed by atoms with Gasteiger partial charge < -0.3 is 4.74 Å². The van der Waals surface area contributed by atoms with Crippen LogP contribution in [0.2, 0.25) is 0 Å². The van der Waals surface area contributed by atoms with Crippen LogP contribution in [-0.4, -0.2) is 42.9 Å². The number of nitrogens with zero attached hydrogens (tertiary/aromatic N) is 4. The van der Waals surface area contributed by atoms with E-state index in [4.69, 9.17) is 4.74 Å². The third-order valence-corrected chi connectivity index (χ3v) is 7.30. The van der Waals surface area contributed by atoms with Crippen LogP contribution in [0.15, 0.2) is 53.7 Å². The molecular weight excluding hydrogens is 388 g/mol. The van der Waals surface area contributed by atoms with E-state index in [1.54, 1.807) is 25.6 Å². The molecule has 0 N–H and O–H groups in total. The van der Waals surface area contributed by atoms with E-state index in [9.17, 15) is 13.7 Å². The van der Waals surface area contributed by atoms with Crippen molar-refractivity contribution < 1.29 is 13.2 Å². The highest BCUT2D eigenvalue weighted by Gasteiger charge is 2.32. The molecule has 4 rings (SSSR count). The van der Waals surface area contributed by atoms with Crippen LogP contribution >= 0.6 is 0 Å². The maximum atomic E-state index is 13.0. The van der Waals surface area contributed by atoms with Crippen molar-refractivity contribution in [2.45, 2.75) is 23.7 Å². The second kappa shape index (κ2) is 7.78. The molecule has 1 aliphatic rings. The van der Waals surface area contributed by atoms with Crippen LogP contribution in [0.3, 0.4) is 0 Å². The number of piperidine rings is 1. The molecule has 1 fully saturated rings. The minimum absolute atomic E-state index is 0.0699.